The van der Waals surface area contributed by atoms with Crippen LogP contribution in [0, 0.1) is 0 Å². The maximum absolute atomic E-state index is 12.6. The van der Waals surface area contributed by atoms with Gasteiger partial charge in [0.1, 0.15) is 0 Å². The smallest absolute Gasteiger partial charge is 0.251 e. The van der Waals surface area contributed by atoms with Crippen molar-refractivity contribution in [2.24, 2.45) is 0 Å². The van der Waals surface area contributed by atoms with E-state index in [4.69, 9.17) is 0 Å². The van der Waals surface area contributed by atoms with Gasteiger partial charge in [0.15, 0.2) is 9.84 Å². The summed E-state index contributed by atoms with van der Waals surface area (Å²) in [5.41, 5.74) is 8.79. The second kappa shape index (κ2) is 7.57. The highest BCUT2D eigenvalue weighted by atomic mass is 32.2. The second-order valence-electron chi connectivity index (χ2n) is 6.62. The van der Waals surface area contributed by atoms with E-state index in [-0.39, 0.29) is 16.8 Å². The van der Waals surface area contributed by atoms with Gasteiger partial charge in [0.2, 0.25) is 0 Å². The molecule has 6 nitrogen and oxygen atoms in total. The zero-order valence-electron chi connectivity index (χ0n) is 14.8. The van der Waals surface area contributed by atoms with Crippen molar-refractivity contribution >= 4 is 15.7 Å². The van der Waals surface area contributed by atoms with Crippen LogP contribution in [0.15, 0.2) is 53.4 Å². The average Bonchev–Trinajstić information content (AvgIpc) is 3.16. The fourth-order valence-electron chi connectivity index (χ4n) is 3.00. The first-order valence-corrected chi connectivity index (χ1v) is 10.4. The first-order valence-electron chi connectivity index (χ1n) is 8.51. The van der Waals surface area contributed by atoms with Crippen molar-refractivity contribution in [3.63, 3.8) is 0 Å². The lowest BCUT2D eigenvalue weighted by Gasteiger charge is -2.16. The topological polar surface area (TPSA) is 87.3 Å². The third kappa shape index (κ3) is 4.30. The number of nitrogens with one attached hydrogen (secondary N) is 3. The summed E-state index contributed by atoms with van der Waals surface area (Å²) in [6.07, 6.45) is 1.18. The van der Waals surface area contributed by atoms with Crippen molar-refractivity contribution in [1.82, 2.24) is 16.2 Å². The molecule has 3 N–H and O–H groups in total. The first kappa shape index (κ1) is 18.6. The monoisotopic (exact) mass is 373 g/mol. The van der Waals surface area contributed by atoms with Crippen molar-refractivity contribution in [1.29, 1.82) is 0 Å². The quantitative estimate of drug-likeness (QED) is 0.744. The lowest BCUT2D eigenvalue weighted by Crippen LogP contribution is -2.26. The van der Waals surface area contributed by atoms with Crippen LogP contribution in [0.4, 0.5) is 0 Å². The van der Waals surface area contributed by atoms with E-state index in [1.165, 1.54) is 6.26 Å². The van der Waals surface area contributed by atoms with E-state index in [9.17, 15) is 13.2 Å². The average molecular weight is 373 g/mol. The van der Waals surface area contributed by atoms with Crippen molar-refractivity contribution in [2.45, 2.75) is 23.8 Å². The Kier molecular flexibility index (Phi) is 5.41. The van der Waals surface area contributed by atoms with Crippen molar-refractivity contribution in [3.05, 3.63) is 65.2 Å². The van der Waals surface area contributed by atoms with Crippen LogP contribution in [0.2, 0.25) is 0 Å². The second-order valence-corrected chi connectivity index (χ2v) is 8.64. The van der Waals surface area contributed by atoms with Crippen molar-refractivity contribution in [2.75, 3.05) is 19.3 Å². The molecule has 1 amide bonds. The largest absolute Gasteiger partial charge is 0.346 e. The molecule has 3 rings (SSSR count). The van der Waals surface area contributed by atoms with Crippen LogP contribution in [0.3, 0.4) is 0 Å². The van der Waals surface area contributed by atoms with Crippen LogP contribution in [-0.4, -0.2) is 33.7 Å². The third-order valence-corrected chi connectivity index (χ3v) is 5.73. The summed E-state index contributed by atoms with van der Waals surface area (Å²) >= 11 is 0. The van der Waals surface area contributed by atoms with Gasteiger partial charge in [-0.05, 0) is 42.3 Å². The maximum atomic E-state index is 12.6. The Balaban J connectivity index is 1.70. The van der Waals surface area contributed by atoms with Gasteiger partial charge >= 0.3 is 0 Å². The molecule has 1 aliphatic rings. The highest BCUT2D eigenvalue weighted by Gasteiger charge is 2.18. The zero-order chi connectivity index (χ0) is 18.7. The molecule has 2 aromatic carbocycles. The Hall–Kier alpha value is -2.22. The number of carbonyl (C=O) groups is 1. The predicted molar refractivity (Wildman–Crippen MR) is 101 cm³/mol. The number of benzene rings is 2. The van der Waals surface area contributed by atoms with Gasteiger partial charge in [-0.1, -0.05) is 24.3 Å². The van der Waals surface area contributed by atoms with Gasteiger partial charge < -0.3 is 5.32 Å². The number of carbonyl (C=O) groups excluding carboxylic acids is 1. The highest BCUT2D eigenvalue weighted by Crippen LogP contribution is 2.20. The molecular weight excluding hydrogens is 350 g/mol. The minimum atomic E-state index is -3.22. The fourth-order valence-corrected chi connectivity index (χ4v) is 3.63. The van der Waals surface area contributed by atoms with E-state index >= 15 is 0 Å². The Morgan fingerprint density at radius 1 is 1.12 bits per heavy atom. The molecule has 0 aromatic heterocycles. The molecule has 1 atom stereocenters. The van der Waals surface area contributed by atoms with Crippen molar-refractivity contribution in [3.8, 4) is 0 Å². The molecule has 0 radical (unpaired) electrons. The molecule has 7 heteroatoms. The van der Waals surface area contributed by atoms with Crippen molar-refractivity contribution < 1.29 is 13.2 Å². The molecule has 1 unspecified atom stereocenters. The fraction of sp³-hybridized carbons (Fsp3) is 0.316. The summed E-state index contributed by atoms with van der Waals surface area (Å²) in [5, 5.41) is 2.97. The van der Waals surface area contributed by atoms with Gasteiger partial charge in [0.25, 0.3) is 5.91 Å². The number of hydrazine groups is 1. The van der Waals surface area contributed by atoms with E-state index in [0.717, 1.165) is 24.2 Å². The van der Waals surface area contributed by atoms with Gasteiger partial charge in [-0.25, -0.2) is 8.42 Å². The van der Waals surface area contributed by atoms with Crippen LogP contribution in [0.25, 0.3) is 0 Å². The Morgan fingerprint density at radius 3 is 2.38 bits per heavy atom. The summed E-state index contributed by atoms with van der Waals surface area (Å²) in [6.45, 7) is 3.56. The van der Waals surface area contributed by atoms with E-state index in [1.54, 1.807) is 30.3 Å². The molecule has 1 saturated heterocycles. The Morgan fingerprint density at radius 2 is 1.77 bits per heavy atom. The number of sulfone groups is 1. The van der Waals surface area contributed by atoms with Gasteiger partial charge in [0, 0.05) is 30.8 Å². The molecule has 0 aliphatic carbocycles. The Bertz CT molecular complexity index is 889. The number of hydrogen-bond acceptors (Lipinski definition) is 5. The lowest BCUT2D eigenvalue weighted by atomic mass is 9.98. The van der Waals surface area contributed by atoms with Crippen LogP contribution in [0.1, 0.15) is 40.4 Å². The number of rotatable bonds is 5. The molecule has 0 saturated carbocycles. The summed E-state index contributed by atoms with van der Waals surface area (Å²) in [4.78, 5) is 12.9. The normalized spacial score (nSPS) is 16.4. The summed E-state index contributed by atoms with van der Waals surface area (Å²) in [5.74, 6) is 0.203. The van der Waals surface area contributed by atoms with E-state index in [1.807, 2.05) is 25.1 Å². The SMILES string of the molecule is CC(NC(=O)c1cccc(C2CNNC2)c1)c1ccc(S(C)(=O)=O)cc1. The summed E-state index contributed by atoms with van der Waals surface area (Å²) in [7, 11) is -3.22. The third-order valence-electron chi connectivity index (χ3n) is 4.60. The van der Waals surface area contributed by atoms with E-state index in [0.29, 0.717) is 11.5 Å². The zero-order valence-corrected chi connectivity index (χ0v) is 15.6. The van der Waals surface area contributed by atoms with Crippen LogP contribution < -0.4 is 16.2 Å². The molecule has 0 bridgehead atoms. The molecule has 138 valence electrons. The van der Waals surface area contributed by atoms with E-state index in [2.05, 4.69) is 16.2 Å². The van der Waals surface area contributed by atoms with Gasteiger partial charge in [-0.3, -0.25) is 15.6 Å². The Labute approximate surface area is 153 Å². The molecular formula is C19H23N3O3S. The summed E-state index contributed by atoms with van der Waals surface area (Å²) < 4.78 is 23.1. The molecule has 1 heterocycles. The standard InChI is InChI=1S/C19H23N3O3S/c1-13(14-6-8-18(9-7-14)26(2,24)25)22-19(23)16-5-3-4-15(10-16)17-11-20-21-12-17/h3-10,13,17,20-21H,11-12H2,1-2H3,(H,22,23). The van der Waals surface area contributed by atoms with Gasteiger partial charge in [-0.2, -0.15) is 0 Å². The number of hydrogen-bond donors (Lipinski definition) is 3. The predicted octanol–water partition coefficient (Wildman–Crippen LogP) is 1.77. The summed E-state index contributed by atoms with van der Waals surface area (Å²) in [6, 6.07) is 14.0. The number of amides is 1. The highest BCUT2D eigenvalue weighted by molar-refractivity contribution is 7.90. The van der Waals surface area contributed by atoms with Crippen LogP contribution in [-0.2, 0) is 9.84 Å². The molecule has 2 aromatic rings. The van der Waals surface area contributed by atoms with Crippen LogP contribution in [0.5, 0.6) is 0 Å². The maximum Gasteiger partial charge on any atom is 0.251 e. The molecule has 1 aliphatic heterocycles. The lowest BCUT2D eigenvalue weighted by molar-refractivity contribution is 0.0939. The molecule has 26 heavy (non-hydrogen) atoms. The molecule has 1 fully saturated rings. The minimum Gasteiger partial charge on any atom is -0.346 e. The molecule has 0 spiro atoms. The van der Waals surface area contributed by atoms with Gasteiger partial charge in [0.05, 0.1) is 10.9 Å². The minimum absolute atomic E-state index is 0.148. The van der Waals surface area contributed by atoms with E-state index < -0.39 is 9.84 Å². The van der Waals surface area contributed by atoms with Crippen LogP contribution >= 0.6 is 0 Å². The first-order chi connectivity index (χ1) is 12.3. The van der Waals surface area contributed by atoms with Gasteiger partial charge in [-0.15, -0.1) is 0 Å².